The number of nitrogens with zero attached hydrogens (tertiary/aromatic N) is 3. The van der Waals surface area contributed by atoms with Gasteiger partial charge in [-0.1, -0.05) is 0 Å². The van der Waals surface area contributed by atoms with Crippen LogP contribution in [-0.4, -0.2) is 80.5 Å². The first-order chi connectivity index (χ1) is 15.5. The summed E-state index contributed by atoms with van der Waals surface area (Å²) in [6, 6.07) is 3.49. The molecule has 1 fully saturated rings. The lowest BCUT2D eigenvalue weighted by molar-refractivity contribution is -0.117. The van der Waals surface area contributed by atoms with E-state index in [0.29, 0.717) is 28.9 Å². The predicted molar refractivity (Wildman–Crippen MR) is 118 cm³/mol. The normalized spacial score (nSPS) is 13.1. The van der Waals surface area contributed by atoms with Gasteiger partial charge in [0.15, 0.2) is 4.88 Å². The standard InChI is InChI=1S/C21H27FN4O5S/c1-26(2)21(28)17-19(31-12-11-30-10-9-29-8-6-22)25-20(32-17)15-5-7-23-16(13-15)24-18(27)14-3-4-14/h5,7,13-14H,3-4,6,8-12H2,1-2H3,(H,23,24,27). The maximum absolute atomic E-state index is 12.6. The van der Waals surface area contributed by atoms with Crippen LogP contribution in [0, 0.1) is 5.92 Å². The molecule has 0 aliphatic heterocycles. The highest BCUT2D eigenvalue weighted by Gasteiger charge is 2.30. The number of rotatable bonds is 13. The van der Waals surface area contributed by atoms with Crippen LogP contribution in [0.3, 0.4) is 0 Å². The first-order valence-corrected chi connectivity index (χ1v) is 11.1. The van der Waals surface area contributed by atoms with Gasteiger partial charge in [0.25, 0.3) is 5.91 Å². The van der Waals surface area contributed by atoms with Crippen molar-refractivity contribution in [2.75, 3.05) is 59.1 Å². The van der Waals surface area contributed by atoms with Gasteiger partial charge in [-0.25, -0.2) is 14.4 Å². The van der Waals surface area contributed by atoms with E-state index < -0.39 is 6.67 Å². The van der Waals surface area contributed by atoms with Crippen molar-refractivity contribution in [3.05, 3.63) is 23.2 Å². The molecule has 0 saturated heterocycles. The second-order valence-electron chi connectivity index (χ2n) is 7.31. The van der Waals surface area contributed by atoms with E-state index in [9.17, 15) is 14.0 Å². The Morgan fingerprint density at radius 3 is 2.59 bits per heavy atom. The summed E-state index contributed by atoms with van der Waals surface area (Å²) in [5, 5.41) is 3.39. The summed E-state index contributed by atoms with van der Waals surface area (Å²) < 4.78 is 28.0. The van der Waals surface area contributed by atoms with Crippen molar-refractivity contribution in [3.8, 4) is 16.5 Å². The average Bonchev–Trinajstić information content (AvgIpc) is 3.55. The number of halogens is 1. The summed E-state index contributed by atoms with van der Waals surface area (Å²) in [6.45, 7) is 0.619. The number of nitrogens with one attached hydrogen (secondary N) is 1. The zero-order chi connectivity index (χ0) is 22.9. The number of ether oxygens (including phenoxy) is 3. The van der Waals surface area contributed by atoms with Gasteiger partial charge in [0.2, 0.25) is 11.8 Å². The van der Waals surface area contributed by atoms with Crippen molar-refractivity contribution in [2.45, 2.75) is 12.8 Å². The molecule has 3 rings (SSSR count). The van der Waals surface area contributed by atoms with Crippen molar-refractivity contribution in [1.82, 2.24) is 14.9 Å². The molecule has 174 valence electrons. The van der Waals surface area contributed by atoms with E-state index in [2.05, 4.69) is 15.3 Å². The molecule has 0 spiro atoms. The van der Waals surface area contributed by atoms with E-state index in [4.69, 9.17) is 14.2 Å². The monoisotopic (exact) mass is 466 g/mol. The number of hydrogen-bond acceptors (Lipinski definition) is 8. The van der Waals surface area contributed by atoms with Gasteiger partial charge in [-0.05, 0) is 25.0 Å². The molecule has 1 aliphatic carbocycles. The smallest absolute Gasteiger partial charge is 0.269 e. The molecule has 2 aromatic heterocycles. The summed E-state index contributed by atoms with van der Waals surface area (Å²) >= 11 is 1.21. The van der Waals surface area contributed by atoms with Gasteiger partial charge in [0.1, 0.15) is 24.1 Å². The number of amides is 2. The molecule has 0 aromatic carbocycles. The number of pyridine rings is 1. The van der Waals surface area contributed by atoms with Crippen molar-refractivity contribution in [2.24, 2.45) is 5.92 Å². The molecule has 0 atom stereocenters. The molecule has 2 heterocycles. The molecule has 0 bridgehead atoms. The fourth-order valence-electron chi connectivity index (χ4n) is 2.65. The highest BCUT2D eigenvalue weighted by Crippen LogP contribution is 2.34. The number of aromatic nitrogens is 2. The SMILES string of the molecule is CN(C)C(=O)c1sc(-c2ccnc(NC(=O)C3CC3)c2)nc1OCCOCCOCCF. The Bertz CT molecular complexity index is 919. The minimum Gasteiger partial charge on any atom is -0.474 e. The largest absolute Gasteiger partial charge is 0.474 e. The quantitative estimate of drug-likeness (QED) is 0.453. The third-order valence-electron chi connectivity index (χ3n) is 4.46. The predicted octanol–water partition coefficient (Wildman–Crippen LogP) is 2.64. The van der Waals surface area contributed by atoms with E-state index in [-0.39, 0.29) is 43.4 Å². The molecule has 2 aromatic rings. The van der Waals surface area contributed by atoms with Crippen LogP contribution in [0.5, 0.6) is 5.88 Å². The van der Waals surface area contributed by atoms with E-state index in [0.717, 1.165) is 18.4 Å². The first-order valence-electron chi connectivity index (χ1n) is 10.3. The van der Waals surface area contributed by atoms with Gasteiger partial charge >= 0.3 is 0 Å². The molecule has 11 heteroatoms. The number of hydrogen-bond donors (Lipinski definition) is 1. The van der Waals surface area contributed by atoms with Crippen LogP contribution in [0.2, 0.25) is 0 Å². The zero-order valence-corrected chi connectivity index (χ0v) is 19.0. The van der Waals surface area contributed by atoms with Crippen LogP contribution >= 0.6 is 11.3 Å². The topological polar surface area (TPSA) is 103 Å². The van der Waals surface area contributed by atoms with Gasteiger partial charge in [-0.3, -0.25) is 9.59 Å². The summed E-state index contributed by atoms with van der Waals surface area (Å²) in [4.78, 5) is 35.1. The number of alkyl halides is 1. The highest BCUT2D eigenvalue weighted by molar-refractivity contribution is 7.17. The Morgan fingerprint density at radius 1 is 1.19 bits per heavy atom. The molecule has 1 aliphatic rings. The maximum atomic E-state index is 12.6. The lowest BCUT2D eigenvalue weighted by Crippen LogP contribution is -2.21. The third kappa shape index (κ3) is 6.94. The molecule has 1 saturated carbocycles. The summed E-state index contributed by atoms with van der Waals surface area (Å²) in [6.07, 6.45) is 3.40. The molecule has 32 heavy (non-hydrogen) atoms. The van der Waals surface area contributed by atoms with Crippen molar-refractivity contribution in [3.63, 3.8) is 0 Å². The van der Waals surface area contributed by atoms with Crippen molar-refractivity contribution >= 4 is 29.0 Å². The number of anilines is 1. The van der Waals surface area contributed by atoms with E-state index in [1.807, 2.05) is 0 Å². The number of carbonyl (C=O) groups is 2. The van der Waals surface area contributed by atoms with Gasteiger partial charge in [0, 0.05) is 31.8 Å². The van der Waals surface area contributed by atoms with Crippen LogP contribution in [-0.2, 0) is 14.3 Å². The van der Waals surface area contributed by atoms with Gasteiger partial charge in [-0.2, -0.15) is 0 Å². The molecular formula is C21H27FN4O5S. The van der Waals surface area contributed by atoms with Gasteiger partial charge < -0.3 is 24.4 Å². The minimum absolute atomic E-state index is 0.0311. The fraction of sp³-hybridized carbons (Fsp3) is 0.524. The maximum Gasteiger partial charge on any atom is 0.269 e. The lowest BCUT2D eigenvalue weighted by Gasteiger charge is -2.10. The zero-order valence-electron chi connectivity index (χ0n) is 18.1. The van der Waals surface area contributed by atoms with Crippen LogP contribution in [0.25, 0.3) is 10.6 Å². The summed E-state index contributed by atoms with van der Waals surface area (Å²) in [5.41, 5.74) is 0.722. The number of thiazole rings is 1. The second kappa shape index (κ2) is 11.8. The summed E-state index contributed by atoms with van der Waals surface area (Å²) in [5.74, 6) is 0.487. The van der Waals surface area contributed by atoms with E-state index in [1.54, 1.807) is 32.4 Å². The van der Waals surface area contributed by atoms with Crippen LogP contribution < -0.4 is 10.1 Å². The van der Waals surface area contributed by atoms with Crippen LogP contribution in [0.4, 0.5) is 10.2 Å². The van der Waals surface area contributed by atoms with E-state index >= 15 is 0 Å². The van der Waals surface area contributed by atoms with E-state index in [1.165, 1.54) is 16.2 Å². The summed E-state index contributed by atoms with van der Waals surface area (Å²) in [7, 11) is 3.31. The van der Waals surface area contributed by atoms with Crippen LogP contribution in [0.15, 0.2) is 18.3 Å². The van der Waals surface area contributed by atoms with Gasteiger partial charge in [0.05, 0.1) is 26.4 Å². The molecule has 1 N–H and O–H groups in total. The first kappa shape index (κ1) is 24.0. The Labute approximate surface area is 189 Å². The Kier molecular flexibility index (Phi) is 8.89. The van der Waals surface area contributed by atoms with Gasteiger partial charge in [-0.15, -0.1) is 11.3 Å². The third-order valence-corrected chi connectivity index (χ3v) is 5.54. The molecule has 2 amide bonds. The van der Waals surface area contributed by atoms with Crippen molar-refractivity contribution in [1.29, 1.82) is 0 Å². The minimum atomic E-state index is -0.524. The lowest BCUT2D eigenvalue weighted by atomic mass is 10.2. The molecule has 9 nitrogen and oxygen atoms in total. The Morgan fingerprint density at radius 2 is 1.91 bits per heavy atom. The molecular weight excluding hydrogens is 439 g/mol. The molecule has 0 unspecified atom stereocenters. The second-order valence-corrected chi connectivity index (χ2v) is 8.31. The fourth-order valence-corrected chi connectivity index (χ4v) is 3.67. The Hall–Kier alpha value is -2.63. The molecule has 0 radical (unpaired) electrons. The van der Waals surface area contributed by atoms with Crippen LogP contribution in [0.1, 0.15) is 22.5 Å². The Balaban J connectivity index is 1.65. The van der Waals surface area contributed by atoms with Crippen molar-refractivity contribution < 1.29 is 28.2 Å². The highest BCUT2D eigenvalue weighted by atomic mass is 32.1. The average molecular weight is 467 g/mol. The number of carbonyl (C=O) groups excluding carboxylic acids is 2.